The van der Waals surface area contributed by atoms with E-state index in [-0.39, 0.29) is 17.4 Å². The molecule has 2 aliphatic rings. The molecule has 1 aliphatic heterocycles. The van der Waals surface area contributed by atoms with Crippen LogP contribution in [0.2, 0.25) is 0 Å². The number of nitrogens with zero attached hydrogens (tertiary/aromatic N) is 1. The first kappa shape index (κ1) is 19.9. The second kappa shape index (κ2) is 9.36. The maximum Gasteiger partial charge on any atom is 0.224 e. The predicted octanol–water partition coefficient (Wildman–Crippen LogP) is 3.49. The van der Waals surface area contributed by atoms with Crippen LogP contribution in [-0.4, -0.2) is 41.9 Å². The van der Waals surface area contributed by atoms with Crippen molar-refractivity contribution in [3.05, 3.63) is 29.8 Å². The maximum atomic E-state index is 12.5. The Morgan fingerprint density at radius 2 is 1.59 bits per heavy atom. The molecule has 0 atom stereocenters. The zero-order valence-corrected chi connectivity index (χ0v) is 16.6. The molecule has 1 aromatic rings. The summed E-state index contributed by atoms with van der Waals surface area (Å²) in [6.45, 7) is 4.63. The Morgan fingerprint density at radius 1 is 0.963 bits per heavy atom. The van der Waals surface area contributed by atoms with Crippen molar-refractivity contribution in [1.82, 2.24) is 10.2 Å². The van der Waals surface area contributed by atoms with Gasteiger partial charge in [0.25, 0.3) is 0 Å². The zero-order chi connectivity index (χ0) is 19.1. The minimum Gasteiger partial charge on any atom is -0.354 e. The summed E-state index contributed by atoms with van der Waals surface area (Å²) in [4.78, 5) is 26.3. The molecule has 1 heterocycles. The van der Waals surface area contributed by atoms with Gasteiger partial charge in [-0.05, 0) is 56.5 Å². The van der Waals surface area contributed by atoms with Gasteiger partial charge in [-0.15, -0.1) is 0 Å². The molecule has 148 valence electrons. The molecule has 2 fully saturated rings. The van der Waals surface area contributed by atoms with Gasteiger partial charge in [-0.2, -0.15) is 0 Å². The van der Waals surface area contributed by atoms with Crippen LogP contribution >= 0.6 is 0 Å². The molecule has 0 bridgehead atoms. The molecular weight excluding hydrogens is 338 g/mol. The van der Waals surface area contributed by atoms with Crippen LogP contribution < -0.4 is 10.6 Å². The highest BCUT2D eigenvalue weighted by atomic mass is 16.2. The van der Waals surface area contributed by atoms with E-state index in [1.54, 1.807) is 0 Å². The van der Waals surface area contributed by atoms with E-state index in [1.165, 1.54) is 71.4 Å². The molecule has 0 aromatic heterocycles. The summed E-state index contributed by atoms with van der Waals surface area (Å²) in [6, 6.07) is 7.51. The summed E-state index contributed by atoms with van der Waals surface area (Å²) in [5.74, 6) is 0.000204. The van der Waals surface area contributed by atoms with E-state index in [9.17, 15) is 9.59 Å². The number of rotatable bonds is 6. The lowest BCUT2D eigenvalue weighted by atomic mass is 9.79. The van der Waals surface area contributed by atoms with Gasteiger partial charge in [-0.1, -0.05) is 37.8 Å². The van der Waals surface area contributed by atoms with Crippen molar-refractivity contribution in [2.45, 2.75) is 70.3 Å². The van der Waals surface area contributed by atoms with Crippen LogP contribution in [0.4, 0.5) is 5.69 Å². The highest BCUT2D eigenvalue weighted by Gasteiger charge is 2.38. The number of hydrogen-bond donors (Lipinski definition) is 2. The molecule has 27 heavy (non-hydrogen) atoms. The van der Waals surface area contributed by atoms with Crippen molar-refractivity contribution in [3.8, 4) is 0 Å². The SMILES string of the molecule is CC(=O)Nc1ccc(CC(=O)NCC2(N3CCCCC3)CCCCC2)cc1. The van der Waals surface area contributed by atoms with Crippen LogP contribution in [0.15, 0.2) is 24.3 Å². The molecular formula is C22H33N3O2. The Kier molecular flexibility index (Phi) is 6.89. The standard InChI is InChI=1S/C22H33N3O2/c1-18(26)24-20-10-8-19(9-11-20)16-21(27)23-17-22(12-4-2-5-13-22)25-14-6-3-7-15-25/h8-11H,2-7,12-17H2,1H3,(H,23,27)(H,24,26). The Bertz CT molecular complexity index is 629. The van der Waals surface area contributed by atoms with Gasteiger partial charge in [0.15, 0.2) is 0 Å². The number of benzene rings is 1. The van der Waals surface area contributed by atoms with Gasteiger partial charge in [0.2, 0.25) is 11.8 Å². The largest absolute Gasteiger partial charge is 0.354 e. The van der Waals surface area contributed by atoms with Gasteiger partial charge in [0, 0.05) is 24.7 Å². The first-order chi connectivity index (χ1) is 13.1. The Labute approximate surface area is 162 Å². The van der Waals surface area contributed by atoms with E-state index >= 15 is 0 Å². The highest BCUT2D eigenvalue weighted by molar-refractivity contribution is 5.88. The number of carbonyl (C=O) groups is 2. The van der Waals surface area contributed by atoms with Gasteiger partial charge in [-0.25, -0.2) is 0 Å². The lowest BCUT2D eigenvalue weighted by Gasteiger charge is -2.48. The van der Waals surface area contributed by atoms with Crippen LogP contribution in [-0.2, 0) is 16.0 Å². The smallest absolute Gasteiger partial charge is 0.224 e. The molecule has 1 aliphatic carbocycles. The van der Waals surface area contributed by atoms with Crippen molar-refractivity contribution in [2.75, 3.05) is 25.0 Å². The third-order valence-corrected chi connectivity index (χ3v) is 6.06. The normalized spacial score (nSPS) is 20.0. The van der Waals surface area contributed by atoms with Crippen LogP contribution in [0.1, 0.15) is 63.9 Å². The molecule has 0 spiro atoms. The first-order valence-electron chi connectivity index (χ1n) is 10.5. The molecule has 1 saturated carbocycles. The Balaban J connectivity index is 1.55. The molecule has 2 N–H and O–H groups in total. The zero-order valence-electron chi connectivity index (χ0n) is 16.6. The summed E-state index contributed by atoms with van der Waals surface area (Å²) in [5.41, 5.74) is 1.90. The van der Waals surface area contributed by atoms with E-state index < -0.39 is 0 Å². The van der Waals surface area contributed by atoms with Gasteiger partial charge in [-0.3, -0.25) is 14.5 Å². The second-order valence-corrected chi connectivity index (χ2v) is 8.16. The van der Waals surface area contributed by atoms with Crippen molar-refractivity contribution in [3.63, 3.8) is 0 Å². The molecule has 3 rings (SSSR count). The van der Waals surface area contributed by atoms with E-state index in [4.69, 9.17) is 0 Å². The highest BCUT2D eigenvalue weighted by Crippen LogP contribution is 2.35. The van der Waals surface area contributed by atoms with Crippen LogP contribution in [0.25, 0.3) is 0 Å². The molecule has 0 radical (unpaired) electrons. The van der Waals surface area contributed by atoms with Crippen molar-refractivity contribution in [1.29, 1.82) is 0 Å². The summed E-state index contributed by atoms with van der Waals surface area (Å²) < 4.78 is 0. The minimum absolute atomic E-state index is 0.0871. The molecule has 2 amide bonds. The van der Waals surface area contributed by atoms with E-state index in [2.05, 4.69) is 15.5 Å². The summed E-state index contributed by atoms with van der Waals surface area (Å²) in [7, 11) is 0. The van der Waals surface area contributed by atoms with Crippen LogP contribution in [0.5, 0.6) is 0 Å². The Morgan fingerprint density at radius 3 is 2.22 bits per heavy atom. The van der Waals surface area contributed by atoms with Crippen molar-refractivity contribution in [2.24, 2.45) is 0 Å². The van der Waals surface area contributed by atoms with Crippen molar-refractivity contribution >= 4 is 17.5 Å². The van der Waals surface area contributed by atoms with E-state index in [1.807, 2.05) is 24.3 Å². The fourth-order valence-corrected chi connectivity index (χ4v) is 4.60. The number of piperidine rings is 1. The number of likely N-dealkylation sites (tertiary alicyclic amines) is 1. The quantitative estimate of drug-likeness (QED) is 0.805. The van der Waals surface area contributed by atoms with Gasteiger partial charge in [0.05, 0.1) is 6.42 Å². The summed E-state index contributed by atoms with van der Waals surface area (Å²) in [6.07, 6.45) is 10.6. The topological polar surface area (TPSA) is 61.4 Å². The predicted molar refractivity (Wildman–Crippen MR) is 109 cm³/mol. The van der Waals surface area contributed by atoms with Gasteiger partial charge < -0.3 is 10.6 Å². The lowest BCUT2D eigenvalue weighted by Crippen LogP contribution is -2.58. The molecule has 5 heteroatoms. The lowest BCUT2D eigenvalue weighted by molar-refractivity contribution is -0.121. The number of anilines is 1. The van der Waals surface area contributed by atoms with Crippen molar-refractivity contribution < 1.29 is 9.59 Å². The third kappa shape index (κ3) is 5.55. The minimum atomic E-state index is -0.0871. The van der Waals surface area contributed by atoms with Gasteiger partial charge in [0.1, 0.15) is 0 Å². The summed E-state index contributed by atoms with van der Waals surface area (Å²) >= 11 is 0. The fraction of sp³-hybridized carbons (Fsp3) is 0.636. The number of hydrogen-bond acceptors (Lipinski definition) is 3. The van der Waals surface area contributed by atoms with Crippen LogP contribution in [0.3, 0.4) is 0 Å². The van der Waals surface area contributed by atoms with Gasteiger partial charge >= 0.3 is 0 Å². The average molecular weight is 372 g/mol. The molecule has 0 unspecified atom stereocenters. The second-order valence-electron chi connectivity index (χ2n) is 8.16. The molecule has 1 aromatic carbocycles. The number of carbonyl (C=O) groups excluding carboxylic acids is 2. The number of amides is 2. The van der Waals surface area contributed by atoms with E-state index in [0.717, 1.165) is 17.8 Å². The maximum absolute atomic E-state index is 12.5. The monoisotopic (exact) mass is 371 g/mol. The summed E-state index contributed by atoms with van der Waals surface area (Å²) in [5, 5.41) is 5.99. The fourth-order valence-electron chi connectivity index (χ4n) is 4.60. The third-order valence-electron chi connectivity index (χ3n) is 6.06. The average Bonchev–Trinajstić information content (AvgIpc) is 2.69. The number of nitrogens with one attached hydrogen (secondary N) is 2. The van der Waals surface area contributed by atoms with E-state index in [0.29, 0.717) is 6.42 Å². The Hall–Kier alpha value is -1.88. The molecule has 1 saturated heterocycles. The van der Waals surface area contributed by atoms with Crippen LogP contribution in [0, 0.1) is 0 Å². The molecule has 5 nitrogen and oxygen atoms in total. The first-order valence-corrected chi connectivity index (χ1v) is 10.5.